The minimum absolute atomic E-state index is 0.0369. The van der Waals surface area contributed by atoms with Crippen LogP contribution < -0.4 is 11.4 Å². The molecule has 1 aliphatic rings. The van der Waals surface area contributed by atoms with E-state index in [2.05, 4.69) is 47.4 Å². The fraction of sp³-hybridized carbons (Fsp3) is 0.792. The Morgan fingerprint density at radius 3 is 1.75 bits per heavy atom. The number of esters is 2. The van der Waals surface area contributed by atoms with Crippen molar-refractivity contribution in [2.45, 2.75) is 224 Å². The van der Waals surface area contributed by atoms with E-state index in [0.717, 1.165) is 75.2 Å². The van der Waals surface area contributed by atoms with Crippen molar-refractivity contribution in [1.82, 2.24) is 9.55 Å². The molecule has 1 saturated heterocycles. The normalized spacial score (nSPS) is 19.6. The molecule has 392 valence electrons. The number of unbranched alkanes of at least 4 members (excludes halogenated alkanes) is 22. The molecule has 0 spiro atoms. The molecule has 2 unspecified atom stereocenters. The van der Waals surface area contributed by atoms with Gasteiger partial charge in [0.05, 0.1) is 13.2 Å². The number of ether oxygens (including phenoxy) is 3. The molecule has 6 N–H and O–H groups in total. The van der Waals surface area contributed by atoms with Crippen molar-refractivity contribution in [3.63, 3.8) is 0 Å². The molecule has 1 fully saturated rings. The number of carbonyl (C=O) groups excluding carboxylic acids is 2. The first-order valence-corrected chi connectivity index (χ1v) is 28.3. The van der Waals surface area contributed by atoms with Gasteiger partial charge < -0.3 is 39.9 Å². The molecule has 1 aromatic heterocycles. The van der Waals surface area contributed by atoms with Gasteiger partial charge in [-0.2, -0.15) is 9.29 Å². The van der Waals surface area contributed by atoms with E-state index < -0.39 is 83.7 Å². The highest BCUT2D eigenvalue weighted by atomic mass is 31.3. The lowest BCUT2D eigenvalue weighted by atomic mass is 10.0. The molecule has 0 bridgehead atoms. The van der Waals surface area contributed by atoms with Gasteiger partial charge in [-0.25, -0.2) is 13.9 Å². The number of aromatic nitrogens is 2. The number of nitrogens with two attached hydrogens (primary N) is 1. The van der Waals surface area contributed by atoms with Gasteiger partial charge >= 0.3 is 33.3 Å². The number of phosphoric ester groups is 2. The number of allylic oxidation sites excluding steroid dienone is 4. The lowest BCUT2D eigenvalue weighted by molar-refractivity contribution is -0.161. The van der Waals surface area contributed by atoms with Gasteiger partial charge in [-0.05, 0) is 51.0 Å². The van der Waals surface area contributed by atoms with Crippen molar-refractivity contribution in [2.24, 2.45) is 0 Å². The van der Waals surface area contributed by atoms with Crippen LogP contribution in [0.15, 0.2) is 41.4 Å². The first kappa shape index (κ1) is 61.4. The number of anilines is 1. The number of aliphatic hydroxyl groups excluding tert-OH is 2. The molecule has 0 aromatic carbocycles. The Labute approximate surface area is 405 Å². The van der Waals surface area contributed by atoms with Gasteiger partial charge in [-0.1, -0.05) is 160 Å². The fourth-order valence-corrected chi connectivity index (χ4v) is 9.69. The number of phosphoric acid groups is 2. The van der Waals surface area contributed by atoms with Gasteiger partial charge in [-0.3, -0.25) is 23.2 Å². The summed E-state index contributed by atoms with van der Waals surface area (Å²) in [6.07, 6.45) is 31.1. The van der Waals surface area contributed by atoms with Crippen LogP contribution in [0.4, 0.5) is 5.82 Å². The lowest BCUT2D eigenvalue weighted by Gasteiger charge is -2.21. The fourth-order valence-electron chi connectivity index (χ4n) is 7.58. The summed E-state index contributed by atoms with van der Waals surface area (Å²) in [5, 5.41) is 20.9. The molecule has 2 rings (SSSR count). The molecular weight excluding hydrogens is 920 g/mol. The summed E-state index contributed by atoms with van der Waals surface area (Å²) in [7, 11) is -10.8. The summed E-state index contributed by atoms with van der Waals surface area (Å²) < 4.78 is 56.8. The topological polar surface area (TPSA) is 265 Å². The highest BCUT2D eigenvalue weighted by molar-refractivity contribution is 7.61. The number of carbonyl (C=O) groups is 2. The molecule has 0 radical (unpaired) electrons. The number of hydrogen-bond acceptors (Lipinski definition) is 15. The Bertz CT molecular complexity index is 1730. The summed E-state index contributed by atoms with van der Waals surface area (Å²) in [4.78, 5) is 61.9. The van der Waals surface area contributed by atoms with Crippen LogP contribution in [0.2, 0.25) is 0 Å². The molecule has 20 heteroatoms. The van der Waals surface area contributed by atoms with Crippen molar-refractivity contribution < 1.29 is 66.3 Å². The third-order valence-electron chi connectivity index (χ3n) is 11.5. The summed E-state index contributed by atoms with van der Waals surface area (Å²) in [5.41, 5.74) is 4.59. The average Bonchev–Trinajstić information content (AvgIpc) is 3.57. The largest absolute Gasteiger partial charge is 0.481 e. The molecule has 0 saturated carbocycles. The van der Waals surface area contributed by atoms with E-state index in [9.17, 15) is 43.5 Å². The molecule has 18 nitrogen and oxygen atoms in total. The third kappa shape index (κ3) is 29.4. The summed E-state index contributed by atoms with van der Waals surface area (Å²) >= 11 is 0. The van der Waals surface area contributed by atoms with Crippen LogP contribution in [0.1, 0.15) is 200 Å². The average molecular weight is 1010 g/mol. The van der Waals surface area contributed by atoms with Gasteiger partial charge in [0.2, 0.25) is 0 Å². The number of aliphatic hydroxyl groups is 2. The maximum Gasteiger partial charge on any atom is 0.481 e. The minimum Gasteiger partial charge on any atom is -0.462 e. The number of nitrogens with zero attached hydrogens (tertiary/aromatic N) is 2. The predicted octanol–water partition coefficient (Wildman–Crippen LogP) is 10.2. The van der Waals surface area contributed by atoms with E-state index in [1.54, 1.807) is 0 Å². The van der Waals surface area contributed by atoms with Gasteiger partial charge in [0.15, 0.2) is 12.3 Å². The van der Waals surface area contributed by atoms with Gasteiger partial charge in [0, 0.05) is 19.0 Å². The highest BCUT2D eigenvalue weighted by Gasteiger charge is 2.46. The van der Waals surface area contributed by atoms with E-state index in [0.29, 0.717) is 12.8 Å². The van der Waals surface area contributed by atoms with Crippen molar-refractivity contribution in [1.29, 1.82) is 0 Å². The summed E-state index contributed by atoms with van der Waals surface area (Å²) in [6.45, 7) is 2.13. The van der Waals surface area contributed by atoms with Crippen molar-refractivity contribution in [3.8, 4) is 0 Å². The second-order valence-corrected chi connectivity index (χ2v) is 20.7. The zero-order valence-corrected chi connectivity index (χ0v) is 42.7. The standard InChI is InChI=1S/C48H85N3O15P2/c1-3-5-7-9-11-13-15-17-19-21-23-25-27-29-31-33-43(52)61-37-40(64-44(53)34-32-30-28-26-24-22-20-18-16-14-12-10-8-6-4-2)38-62-67(57,58)66-68(59,60)63-39-41-45(54)46(55)47(65-41)51-36-35-42(49)50-48(51)56/h12,14,18,20,35-36,40-41,45-47,54-55H,3-11,13,15-17,19,21-34,37-39H2,1-2H3,(H,57,58)(H,59,60)(H2,49,50,56)/b14-12-,20-18-/t40-,41-,45-,46-,47-/m1/s1. The molecule has 0 aliphatic carbocycles. The first-order chi connectivity index (χ1) is 32.7. The molecule has 2 heterocycles. The second-order valence-electron chi connectivity index (χ2n) is 17.7. The molecule has 7 atom stereocenters. The van der Waals surface area contributed by atoms with Crippen LogP contribution in [0.3, 0.4) is 0 Å². The van der Waals surface area contributed by atoms with Crippen LogP contribution in [-0.4, -0.2) is 85.7 Å². The quantitative estimate of drug-likeness (QED) is 0.0176. The van der Waals surface area contributed by atoms with E-state index in [-0.39, 0.29) is 18.7 Å². The Morgan fingerprint density at radius 2 is 1.19 bits per heavy atom. The molecular formula is C48H85N3O15P2. The molecule has 0 amide bonds. The van der Waals surface area contributed by atoms with Crippen molar-refractivity contribution >= 4 is 33.4 Å². The zero-order valence-electron chi connectivity index (χ0n) is 40.9. The minimum atomic E-state index is -5.42. The molecule has 68 heavy (non-hydrogen) atoms. The van der Waals surface area contributed by atoms with Gasteiger partial charge in [0.25, 0.3) is 0 Å². The SMILES string of the molecule is CCCCC/C=C\C/C=C\CCCCCCCC(=O)O[C@H](COC(=O)CCCCCCCCCCCCCCCCC)COP(=O)(O)OP(=O)(O)OC[C@H]1O[C@@H](n2ccc(N)nc2=O)[C@H](O)[C@@H]1O. The van der Waals surface area contributed by atoms with E-state index in [1.165, 1.54) is 95.7 Å². The monoisotopic (exact) mass is 1010 g/mol. The number of hydrogen-bond donors (Lipinski definition) is 5. The van der Waals surface area contributed by atoms with Gasteiger partial charge in [0.1, 0.15) is 30.7 Å². The summed E-state index contributed by atoms with van der Waals surface area (Å²) in [5.74, 6) is -1.30. The lowest BCUT2D eigenvalue weighted by Crippen LogP contribution is -2.36. The number of nitrogen functional groups attached to an aromatic ring is 1. The van der Waals surface area contributed by atoms with E-state index >= 15 is 0 Å². The van der Waals surface area contributed by atoms with Gasteiger partial charge in [-0.15, -0.1) is 0 Å². The Hall–Kier alpha value is -2.76. The van der Waals surface area contributed by atoms with E-state index in [4.69, 9.17) is 29.0 Å². The third-order valence-corrected chi connectivity index (χ3v) is 14.1. The highest BCUT2D eigenvalue weighted by Crippen LogP contribution is 2.60. The van der Waals surface area contributed by atoms with Crippen LogP contribution in [0.25, 0.3) is 0 Å². The molecule has 1 aromatic rings. The zero-order chi connectivity index (χ0) is 49.9. The van der Waals surface area contributed by atoms with Crippen LogP contribution in [0, 0.1) is 0 Å². The van der Waals surface area contributed by atoms with Crippen LogP contribution in [-0.2, 0) is 46.3 Å². The predicted molar refractivity (Wildman–Crippen MR) is 261 cm³/mol. The Kier molecular flexibility index (Phi) is 33.5. The Balaban J connectivity index is 1.81. The Morgan fingerprint density at radius 1 is 0.706 bits per heavy atom. The number of rotatable bonds is 42. The molecule has 1 aliphatic heterocycles. The summed E-state index contributed by atoms with van der Waals surface area (Å²) in [6, 6.07) is 1.25. The van der Waals surface area contributed by atoms with Crippen molar-refractivity contribution in [3.05, 3.63) is 47.1 Å². The first-order valence-electron chi connectivity index (χ1n) is 25.3. The van der Waals surface area contributed by atoms with Crippen LogP contribution >= 0.6 is 15.6 Å². The second kappa shape index (κ2) is 37.1. The van der Waals surface area contributed by atoms with E-state index in [1.807, 2.05) is 0 Å². The smallest absolute Gasteiger partial charge is 0.462 e. The maximum absolute atomic E-state index is 12.8. The van der Waals surface area contributed by atoms with Crippen LogP contribution in [0.5, 0.6) is 0 Å². The van der Waals surface area contributed by atoms with Crippen molar-refractivity contribution in [2.75, 3.05) is 25.6 Å². The maximum atomic E-state index is 12.8.